The van der Waals surface area contributed by atoms with Crippen LogP contribution >= 0.6 is 0 Å². The molecule has 3 saturated heterocycles. The monoisotopic (exact) mass is 393 g/mol. The van der Waals surface area contributed by atoms with Crippen molar-refractivity contribution in [3.8, 4) is 5.75 Å². The second kappa shape index (κ2) is 9.07. The van der Waals surface area contributed by atoms with Gasteiger partial charge in [-0.05, 0) is 49.4 Å². The lowest BCUT2D eigenvalue weighted by molar-refractivity contribution is -0.135. The van der Waals surface area contributed by atoms with Crippen LogP contribution in [0.5, 0.6) is 5.75 Å². The quantitative estimate of drug-likeness (QED) is 0.708. The zero-order chi connectivity index (χ0) is 20.1. The minimum absolute atomic E-state index is 0.0369. The zero-order valence-corrected chi connectivity index (χ0v) is 16.6. The van der Waals surface area contributed by atoms with E-state index in [4.69, 9.17) is 4.74 Å². The van der Waals surface area contributed by atoms with Gasteiger partial charge in [-0.25, -0.2) is 0 Å². The first-order valence-corrected chi connectivity index (χ1v) is 10.4. The molecule has 29 heavy (non-hydrogen) atoms. The Hall–Kier alpha value is -2.89. The Bertz CT molecular complexity index is 828. The number of carbonyl (C=O) groups excluding carboxylic acids is 2. The third kappa shape index (κ3) is 4.75. The molecule has 0 unspecified atom stereocenters. The second-order valence-corrected chi connectivity index (χ2v) is 7.85. The largest absolute Gasteiger partial charge is 0.494 e. The Kier molecular flexibility index (Phi) is 6.08. The van der Waals surface area contributed by atoms with Gasteiger partial charge < -0.3 is 14.5 Å². The van der Waals surface area contributed by atoms with Gasteiger partial charge in [0.05, 0.1) is 6.61 Å². The van der Waals surface area contributed by atoms with Crippen LogP contribution in [-0.4, -0.2) is 58.9 Å². The van der Waals surface area contributed by atoms with Crippen LogP contribution in [0.25, 0.3) is 0 Å². The van der Waals surface area contributed by atoms with E-state index in [1.54, 1.807) is 24.5 Å². The molecule has 0 aliphatic carbocycles. The third-order valence-electron chi connectivity index (χ3n) is 5.80. The predicted octanol–water partition coefficient (Wildman–Crippen LogP) is 3.00. The summed E-state index contributed by atoms with van der Waals surface area (Å²) in [4.78, 5) is 33.6. The molecule has 1 aromatic carbocycles. The number of benzene rings is 1. The number of nitrogens with zero attached hydrogens (tertiary/aromatic N) is 3. The zero-order valence-electron chi connectivity index (χ0n) is 16.6. The van der Waals surface area contributed by atoms with Crippen LogP contribution in [0.3, 0.4) is 0 Å². The average molecular weight is 393 g/mol. The van der Waals surface area contributed by atoms with Crippen LogP contribution in [-0.2, 0) is 4.79 Å². The highest BCUT2D eigenvalue weighted by Gasteiger charge is 2.38. The summed E-state index contributed by atoms with van der Waals surface area (Å²) >= 11 is 0. The Morgan fingerprint density at radius 1 is 1.00 bits per heavy atom. The maximum absolute atomic E-state index is 12.9. The summed E-state index contributed by atoms with van der Waals surface area (Å²) in [6.07, 6.45) is 6.51. The lowest BCUT2D eigenvalue weighted by Gasteiger charge is -2.36. The Labute approximate surface area is 171 Å². The van der Waals surface area contributed by atoms with Gasteiger partial charge in [-0.2, -0.15) is 0 Å². The standard InChI is InChI=1S/C23H27N3O3/c27-22(7-4-14-29-21-5-2-1-3-6-21)26-16-18-8-9-20(26)17-25(15-18)23(28)19-10-12-24-13-11-19/h1-3,5-6,10-13,18,20H,4,7-9,14-17H2/t18-,20+/m0/s1. The van der Waals surface area contributed by atoms with E-state index >= 15 is 0 Å². The molecular formula is C23H27N3O3. The van der Waals surface area contributed by atoms with E-state index in [1.165, 1.54) is 0 Å². The van der Waals surface area contributed by atoms with Crippen LogP contribution in [0, 0.1) is 5.92 Å². The lowest BCUT2D eigenvalue weighted by atomic mass is 9.94. The van der Waals surface area contributed by atoms with Gasteiger partial charge in [0.25, 0.3) is 5.91 Å². The van der Waals surface area contributed by atoms with Gasteiger partial charge in [0.2, 0.25) is 5.91 Å². The van der Waals surface area contributed by atoms with Crippen molar-refractivity contribution < 1.29 is 14.3 Å². The SMILES string of the molecule is O=C(c1ccncc1)N1C[C@@H]2CC[C@H](C1)N(C(=O)CCCOc1ccccc1)C2. The van der Waals surface area contributed by atoms with Gasteiger partial charge >= 0.3 is 0 Å². The predicted molar refractivity (Wildman–Crippen MR) is 110 cm³/mol. The highest BCUT2D eigenvalue weighted by molar-refractivity contribution is 5.94. The average Bonchev–Trinajstić information content (AvgIpc) is 3.09. The number of fused-ring (bicyclic) bond motifs is 4. The molecule has 0 N–H and O–H groups in total. The van der Waals surface area contributed by atoms with Crippen LogP contribution in [0.1, 0.15) is 36.0 Å². The number of hydrogen-bond acceptors (Lipinski definition) is 4. The van der Waals surface area contributed by atoms with Crippen molar-refractivity contribution >= 4 is 11.8 Å². The molecule has 0 radical (unpaired) electrons. The highest BCUT2D eigenvalue weighted by atomic mass is 16.5. The van der Waals surface area contributed by atoms with Crippen LogP contribution in [0.2, 0.25) is 0 Å². The molecule has 2 amide bonds. The van der Waals surface area contributed by atoms with E-state index in [2.05, 4.69) is 4.98 Å². The van der Waals surface area contributed by atoms with Gasteiger partial charge in [-0.1, -0.05) is 18.2 Å². The first-order valence-electron chi connectivity index (χ1n) is 10.4. The van der Waals surface area contributed by atoms with E-state index in [-0.39, 0.29) is 17.9 Å². The van der Waals surface area contributed by atoms with Crippen molar-refractivity contribution in [2.24, 2.45) is 5.92 Å². The molecule has 2 aromatic rings. The van der Waals surface area contributed by atoms with Crippen molar-refractivity contribution in [2.45, 2.75) is 31.7 Å². The van der Waals surface area contributed by atoms with E-state index in [0.717, 1.165) is 31.7 Å². The van der Waals surface area contributed by atoms with E-state index in [1.807, 2.05) is 40.1 Å². The lowest BCUT2D eigenvalue weighted by Crippen LogP contribution is -2.47. The molecular weight excluding hydrogens is 366 g/mol. The fraction of sp³-hybridized carbons (Fsp3) is 0.435. The first kappa shape index (κ1) is 19.4. The fourth-order valence-corrected chi connectivity index (χ4v) is 4.30. The number of aromatic nitrogens is 1. The van der Waals surface area contributed by atoms with Crippen molar-refractivity contribution in [1.82, 2.24) is 14.8 Å². The molecule has 3 aliphatic rings. The number of rotatable bonds is 6. The Morgan fingerprint density at radius 3 is 2.59 bits per heavy atom. The molecule has 152 valence electrons. The number of pyridine rings is 1. The number of ether oxygens (including phenoxy) is 1. The summed E-state index contributed by atoms with van der Waals surface area (Å²) in [5, 5.41) is 0. The summed E-state index contributed by atoms with van der Waals surface area (Å²) in [6.45, 7) is 2.62. The molecule has 2 atom stereocenters. The van der Waals surface area contributed by atoms with Crippen molar-refractivity contribution in [3.63, 3.8) is 0 Å². The fourth-order valence-electron chi connectivity index (χ4n) is 4.30. The Balaban J connectivity index is 1.31. The van der Waals surface area contributed by atoms with Crippen LogP contribution < -0.4 is 4.74 Å². The maximum Gasteiger partial charge on any atom is 0.254 e. The minimum Gasteiger partial charge on any atom is -0.494 e. The molecule has 2 bridgehead atoms. The van der Waals surface area contributed by atoms with E-state index in [0.29, 0.717) is 37.5 Å². The summed E-state index contributed by atoms with van der Waals surface area (Å²) in [5.74, 6) is 1.40. The van der Waals surface area contributed by atoms with Gasteiger partial charge in [0, 0.05) is 50.1 Å². The number of para-hydroxylation sites is 1. The molecule has 6 heteroatoms. The second-order valence-electron chi connectivity index (χ2n) is 7.85. The van der Waals surface area contributed by atoms with Crippen molar-refractivity contribution in [2.75, 3.05) is 26.2 Å². The molecule has 0 saturated carbocycles. The molecule has 0 spiro atoms. The van der Waals surface area contributed by atoms with Crippen LogP contribution in [0.4, 0.5) is 0 Å². The summed E-state index contributed by atoms with van der Waals surface area (Å²) in [5.41, 5.74) is 0.664. The van der Waals surface area contributed by atoms with Crippen molar-refractivity contribution in [3.05, 3.63) is 60.4 Å². The van der Waals surface area contributed by atoms with Gasteiger partial charge in [0.15, 0.2) is 0 Å². The van der Waals surface area contributed by atoms with E-state index in [9.17, 15) is 9.59 Å². The first-order chi connectivity index (χ1) is 14.2. The highest BCUT2D eigenvalue weighted by Crippen LogP contribution is 2.29. The summed E-state index contributed by atoms with van der Waals surface area (Å²) in [7, 11) is 0. The maximum atomic E-state index is 12.9. The number of amides is 2. The van der Waals surface area contributed by atoms with E-state index < -0.39 is 0 Å². The van der Waals surface area contributed by atoms with Crippen molar-refractivity contribution in [1.29, 1.82) is 0 Å². The molecule has 5 rings (SSSR count). The third-order valence-corrected chi connectivity index (χ3v) is 5.80. The number of carbonyl (C=O) groups is 2. The number of piperidine rings is 1. The molecule has 6 nitrogen and oxygen atoms in total. The topological polar surface area (TPSA) is 62.7 Å². The van der Waals surface area contributed by atoms with Gasteiger partial charge in [-0.3, -0.25) is 14.6 Å². The summed E-state index contributed by atoms with van der Waals surface area (Å²) in [6, 6.07) is 13.3. The van der Waals surface area contributed by atoms with Crippen LogP contribution in [0.15, 0.2) is 54.9 Å². The van der Waals surface area contributed by atoms with Gasteiger partial charge in [0.1, 0.15) is 5.75 Å². The summed E-state index contributed by atoms with van der Waals surface area (Å²) < 4.78 is 5.70. The molecule has 3 aliphatic heterocycles. The molecule has 4 heterocycles. The molecule has 1 aromatic heterocycles. The smallest absolute Gasteiger partial charge is 0.254 e. The normalized spacial score (nSPS) is 21.0. The number of hydrogen-bond donors (Lipinski definition) is 0. The van der Waals surface area contributed by atoms with Gasteiger partial charge in [-0.15, -0.1) is 0 Å². The molecule has 3 fully saturated rings. The Morgan fingerprint density at radius 2 is 1.79 bits per heavy atom. The minimum atomic E-state index is 0.0369.